The molecule has 1 aromatic heterocycles. The summed E-state index contributed by atoms with van der Waals surface area (Å²) in [5, 5.41) is 3.67. The maximum Gasteiger partial charge on any atom is 0.161 e. The van der Waals surface area contributed by atoms with E-state index < -0.39 is 6.35 Å². The van der Waals surface area contributed by atoms with Gasteiger partial charge in [0.2, 0.25) is 0 Å². The molecule has 1 saturated carbocycles. The molecule has 0 bridgehead atoms. The second kappa shape index (κ2) is 6.63. The van der Waals surface area contributed by atoms with Gasteiger partial charge in [-0.1, -0.05) is 12.1 Å². The van der Waals surface area contributed by atoms with Crippen LogP contribution in [-0.4, -0.2) is 31.2 Å². The number of fused-ring (bicyclic) bond motifs is 3. The Balaban J connectivity index is 1.59. The van der Waals surface area contributed by atoms with E-state index in [9.17, 15) is 0 Å². The van der Waals surface area contributed by atoms with Crippen molar-refractivity contribution in [2.75, 3.05) is 13.7 Å². The lowest BCUT2D eigenvalue weighted by molar-refractivity contribution is -0.0133. The van der Waals surface area contributed by atoms with E-state index in [0.717, 1.165) is 37.7 Å². The summed E-state index contributed by atoms with van der Waals surface area (Å²) in [5.74, 6) is 0. The molecule has 0 amide bonds. The molecule has 148 valence electrons. The number of pyridine rings is 1. The second-order valence-corrected chi connectivity index (χ2v) is 8.80. The highest BCUT2D eigenvalue weighted by molar-refractivity contribution is 5.66. The Morgan fingerprint density at radius 2 is 2.00 bits per heavy atom. The molecule has 3 aliphatic rings. The zero-order chi connectivity index (χ0) is 19.4. The topological polar surface area (TPSA) is 69.4 Å². The lowest BCUT2D eigenvalue weighted by Crippen LogP contribution is -2.56. The minimum atomic E-state index is -0.410. The SMILES string of the molecule is COC1CCC2(CC1)Cc1ccc(-c3cncc(C)c3)cc1[C@@]21COC(N)N1. The monoisotopic (exact) mass is 379 g/mol. The predicted octanol–water partition coefficient (Wildman–Crippen LogP) is 3.25. The van der Waals surface area contributed by atoms with Crippen LogP contribution in [0, 0.1) is 12.3 Å². The van der Waals surface area contributed by atoms with Gasteiger partial charge in [-0.3, -0.25) is 16.0 Å². The number of methoxy groups -OCH3 is 1. The van der Waals surface area contributed by atoms with Crippen molar-refractivity contribution in [2.45, 2.75) is 57.0 Å². The van der Waals surface area contributed by atoms with Crippen LogP contribution < -0.4 is 11.1 Å². The maximum absolute atomic E-state index is 6.19. The molecule has 2 aliphatic carbocycles. The first kappa shape index (κ1) is 18.3. The average molecular weight is 380 g/mol. The van der Waals surface area contributed by atoms with Crippen molar-refractivity contribution in [2.24, 2.45) is 11.1 Å². The Kier molecular flexibility index (Phi) is 4.32. The maximum atomic E-state index is 6.19. The van der Waals surface area contributed by atoms with Gasteiger partial charge >= 0.3 is 0 Å². The Labute approximate surface area is 166 Å². The molecule has 1 saturated heterocycles. The minimum Gasteiger partial charge on any atom is -0.381 e. The quantitative estimate of drug-likeness (QED) is 0.838. The fourth-order valence-electron chi connectivity index (χ4n) is 5.81. The summed E-state index contributed by atoms with van der Waals surface area (Å²) in [4.78, 5) is 4.38. The van der Waals surface area contributed by atoms with Crippen LogP contribution in [0.2, 0.25) is 0 Å². The van der Waals surface area contributed by atoms with Crippen LogP contribution in [0.4, 0.5) is 0 Å². The minimum absolute atomic E-state index is 0.141. The van der Waals surface area contributed by atoms with Gasteiger partial charge in [-0.05, 0) is 78.8 Å². The molecule has 1 aliphatic heterocycles. The number of aryl methyl sites for hydroxylation is 1. The van der Waals surface area contributed by atoms with Crippen molar-refractivity contribution < 1.29 is 9.47 Å². The molecule has 5 heteroatoms. The van der Waals surface area contributed by atoms with Crippen LogP contribution in [0.1, 0.15) is 42.4 Å². The fraction of sp³-hybridized carbons (Fsp3) is 0.522. The summed E-state index contributed by atoms with van der Waals surface area (Å²) in [5.41, 5.74) is 12.4. The molecule has 28 heavy (non-hydrogen) atoms. The number of aromatic nitrogens is 1. The van der Waals surface area contributed by atoms with Crippen LogP contribution >= 0.6 is 0 Å². The molecule has 5 rings (SSSR count). The number of nitrogens with one attached hydrogen (secondary N) is 1. The standard InChI is InChI=1S/C23H29N3O2/c1-15-9-18(13-25-12-15)16-3-4-17-11-22(7-5-19(27-2)6-8-22)23(20(17)10-16)14-28-21(24)26-23/h3-4,9-10,12-13,19,21,26H,5-8,11,14,24H2,1-2H3/t19?,21?,22?,23-/m0/s1. The Morgan fingerprint density at radius 3 is 2.68 bits per heavy atom. The highest BCUT2D eigenvalue weighted by atomic mass is 16.5. The molecular formula is C23H29N3O2. The van der Waals surface area contributed by atoms with Gasteiger partial charge in [0.1, 0.15) is 0 Å². The van der Waals surface area contributed by atoms with E-state index in [2.05, 4.69) is 41.5 Å². The first-order valence-electron chi connectivity index (χ1n) is 10.3. The molecule has 5 nitrogen and oxygen atoms in total. The van der Waals surface area contributed by atoms with Gasteiger partial charge in [0.05, 0.1) is 18.2 Å². The third kappa shape index (κ3) is 2.65. The first-order chi connectivity index (χ1) is 13.6. The van der Waals surface area contributed by atoms with Crippen molar-refractivity contribution in [3.8, 4) is 11.1 Å². The summed E-state index contributed by atoms with van der Waals surface area (Å²) >= 11 is 0. The number of nitrogens with zero attached hydrogens (tertiary/aromatic N) is 1. The van der Waals surface area contributed by atoms with E-state index in [1.54, 1.807) is 0 Å². The molecule has 2 spiro atoms. The summed E-state index contributed by atoms with van der Waals surface area (Å²) in [6.07, 6.45) is 9.33. The summed E-state index contributed by atoms with van der Waals surface area (Å²) in [6.45, 7) is 2.72. The molecule has 3 N–H and O–H groups in total. The van der Waals surface area contributed by atoms with Gasteiger partial charge in [0, 0.05) is 25.1 Å². The number of ether oxygens (including phenoxy) is 2. The van der Waals surface area contributed by atoms with Crippen LogP contribution in [0.25, 0.3) is 11.1 Å². The average Bonchev–Trinajstić information content (AvgIpc) is 3.22. The Bertz CT molecular complexity index is 891. The first-order valence-corrected chi connectivity index (χ1v) is 10.3. The van der Waals surface area contributed by atoms with Gasteiger partial charge < -0.3 is 9.47 Å². The molecule has 2 atom stereocenters. The van der Waals surface area contributed by atoms with Crippen molar-refractivity contribution in [1.29, 1.82) is 0 Å². The normalized spacial score (nSPS) is 34.2. The fourth-order valence-corrected chi connectivity index (χ4v) is 5.81. The Hall–Kier alpha value is -1.79. The largest absolute Gasteiger partial charge is 0.381 e. The van der Waals surface area contributed by atoms with Gasteiger partial charge in [0.25, 0.3) is 0 Å². The summed E-state index contributed by atoms with van der Waals surface area (Å²) in [7, 11) is 1.83. The van der Waals surface area contributed by atoms with Crippen molar-refractivity contribution >= 4 is 0 Å². The molecule has 2 heterocycles. The molecular weight excluding hydrogens is 350 g/mol. The van der Waals surface area contributed by atoms with Gasteiger partial charge in [-0.15, -0.1) is 0 Å². The van der Waals surface area contributed by atoms with E-state index in [1.165, 1.54) is 22.3 Å². The number of hydrogen-bond donors (Lipinski definition) is 2. The summed E-state index contributed by atoms with van der Waals surface area (Å²) < 4.78 is 11.6. The van der Waals surface area contributed by atoms with E-state index in [4.69, 9.17) is 15.2 Å². The number of rotatable bonds is 2. The van der Waals surface area contributed by atoms with Gasteiger partial charge in [0.15, 0.2) is 6.35 Å². The molecule has 1 aromatic carbocycles. The van der Waals surface area contributed by atoms with E-state index in [-0.39, 0.29) is 11.0 Å². The highest BCUT2D eigenvalue weighted by Gasteiger charge is 2.61. The number of nitrogens with two attached hydrogens (primary N) is 1. The van der Waals surface area contributed by atoms with E-state index in [1.807, 2.05) is 19.5 Å². The van der Waals surface area contributed by atoms with Crippen LogP contribution in [0.3, 0.4) is 0 Å². The highest BCUT2D eigenvalue weighted by Crippen LogP contribution is 2.59. The van der Waals surface area contributed by atoms with E-state index in [0.29, 0.717) is 12.7 Å². The van der Waals surface area contributed by atoms with E-state index >= 15 is 0 Å². The molecule has 0 radical (unpaired) electrons. The van der Waals surface area contributed by atoms with Gasteiger partial charge in [-0.2, -0.15) is 0 Å². The van der Waals surface area contributed by atoms with Crippen LogP contribution in [-0.2, 0) is 21.4 Å². The zero-order valence-electron chi connectivity index (χ0n) is 16.7. The molecule has 1 unspecified atom stereocenters. The lowest BCUT2D eigenvalue weighted by Gasteiger charge is -2.47. The van der Waals surface area contributed by atoms with Crippen LogP contribution in [0.15, 0.2) is 36.7 Å². The molecule has 2 fully saturated rings. The second-order valence-electron chi connectivity index (χ2n) is 8.80. The number of hydrogen-bond acceptors (Lipinski definition) is 5. The number of benzene rings is 1. The molecule has 2 aromatic rings. The van der Waals surface area contributed by atoms with Crippen molar-refractivity contribution in [3.05, 3.63) is 53.3 Å². The third-order valence-corrected chi connectivity index (χ3v) is 7.30. The third-order valence-electron chi connectivity index (χ3n) is 7.30. The van der Waals surface area contributed by atoms with Crippen LogP contribution in [0.5, 0.6) is 0 Å². The summed E-state index contributed by atoms with van der Waals surface area (Å²) in [6, 6.07) is 9.08. The van der Waals surface area contributed by atoms with Crippen molar-refractivity contribution in [3.63, 3.8) is 0 Å². The smallest absolute Gasteiger partial charge is 0.161 e. The zero-order valence-corrected chi connectivity index (χ0v) is 16.7. The van der Waals surface area contributed by atoms with Crippen molar-refractivity contribution in [1.82, 2.24) is 10.3 Å². The van der Waals surface area contributed by atoms with Gasteiger partial charge in [-0.25, -0.2) is 0 Å². The lowest BCUT2D eigenvalue weighted by atomic mass is 9.62. The predicted molar refractivity (Wildman–Crippen MR) is 109 cm³/mol. The Morgan fingerprint density at radius 1 is 1.18 bits per heavy atom.